The maximum absolute atomic E-state index is 13.6. The fraction of sp³-hybridized carbons (Fsp3) is 0.273. The first-order valence-corrected chi connectivity index (χ1v) is 5.65. The molecule has 0 aliphatic carbocycles. The average molecular weight is 297 g/mol. The number of hydrogen-bond acceptors (Lipinski definition) is 3. The molecule has 0 saturated carbocycles. The van der Waals surface area contributed by atoms with Gasteiger partial charge in [-0.1, -0.05) is 23.2 Å². The quantitative estimate of drug-likeness (QED) is 0.281. The summed E-state index contributed by atoms with van der Waals surface area (Å²) >= 11 is 10.8. The topological polar surface area (TPSA) is 43.4 Å². The van der Waals surface area contributed by atoms with Gasteiger partial charge in [0.25, 0.3) is 0 Å². The lowest BCUT2D eigenvalue weighted by molar-refractivity contribution is -0.141. The SMILES string of the molecule is CCOC(=O)CC(=O)c1cc(F)c(Cl)c(Cl)c1F. The van der Waals surface area contributed by atoms with Crippen LogP contribution in [-0.2, 0) is 9.53 Å². The third-order valence-corrected chi connectivity index (χ3v) is 2.83. The highest BCUT2D eigenvalue weighted by Crippen LogP contribution is 2.30. The Morgan fingerprint density at radius 3 is 2.44 bits per heavy atom. The lowest BCUT2D eigenvalue weighted by Gasteiger charge is -2.06. The van der Waals surface area contributed by atoms with Crippen molar-refractivity contribution in [1.82, 2.24) is 0 Å². The van der Waals surface area contributed by atoms with Gasteiger partial charge in [-0.25, -0.2) is 8.78 Å². The van der Waals surface area contributed by atoms with Gasteiger partial charge >= 0.3 is 5.97 Å². The molecule has 0 bridgehead atoms. The normalized spacial score (nSPS) is 10.3. The Hall–Kier alpha value is -1.20. The molecular weight excluding hydrogens is 289 g/mol. The van der Waals surface area contributed by atoms with Crippen LogP contribution >= 0.6 is 23.2 Å². The lowest BCUT2D eigenvalue weighted by Crippen LogP contribution is -2.13. The van der Waals surface area contributed by atoms with Gasteiger partial charge in [0.1, 0.15) is 12.2 Å². The van der Waals surface area contributed by atoms with Gasteiger partial charge in [-0.05, 0) is 13.0 Å². The molecule has 1 rings (SSSR count). The first-order valence-electron chi connectivity index (χ1n) is 4.90. The molecule has 0 aromatic heterocycles. The Morgan fingerprint density at radius 2 is 1.89 bits per heavy atom. The molecule has 98 valence electrons. The first kappa shape index (κ1) is 14.9. The van der Waals surface area contributed by atoms with Crippen molar-refractivity contribution in [2.75, 3.05) is 6.61 Å². The van der Waals surface area contributed by atoms with Gasteiger partial charge in [-0.15, -0.1) is 0 Å². The summed E-state index contributed by atoms with van der Waals surface area (Å²) < 4.78 is 31.3. The Bertz CT molecular complexity index is 504. The fourth-order valence-electron chi connectivity index (χ4n) is 1.21. The molecular formula is C11H8Cl2F2O3. The van der Waals surface area contributed by atoms with E-state index in [4.69, 9.17) is 23.2 Å². The largest absolute Gasteiger partial charge is 0.466 e. The van der Waals surface area contributed by atoms with E-state index in [-0.39, 0.29) is 6.61 Å². The number of benzene rings is 1. The van der Waals surface area contributed by atoms with E-state index in [0.717, 1.165) is 0 Å². The molecule has 1 aromatic carbocycles. The van der Waals surface area contributed by atoms with Crippen molar-refractivity contribution in [2.45, 2.75) is 13.3 Å². The smallest absolute Gasteiger partial charge is 0.313 e. The number of ether oxygens (including phenoxy) is 1. The van der Waals surface area contributed by atoms with E-state index in [1.807, 2.05) is 0 Å². The lowest BCUT2D eigenvalue weighted by atomic mass is 10.1. The summed E-state index contributed by atoms with van der Waals surface area (Å²) in [4.78, 5) is 22.6. The summed E-state index contributed by atoms with van der Waals surface area (Å²) in [6, 6.07) is 0.602. The number of carbonyl (C=O) groups is 2. The highest BCUT2D eigenvalue weighted by molar-refractivity contribution is 6.42. The molecule has 18 heavy (non-hydrogen) atoms. The molecule has 3 nitrogen and oxygen atoms in total. The Labute approximate surface area is 112 Å². The van der Waals surface area contributed by atoms with Crippen LogP contribution in [0.2, 0.25) is 10.0 Å². The van der Waals surface area contributed by atoms with E-state index in [1.54, 1.807) is 6.92 Å². The number of Topliss-reactive ketones (excluding diaryl/α,β-unsaturated/α-hetero) is 1. The summed E-state index contributed by atoms with van der Waals surface area (Å²) in [6.45, 7) is 1.64. The number of hydrogen-bond donors (Lipinski definition) is 0. The Balaban J connectivity index is 3.04. The molecule has 0 unspecified atom stereocenters. The first-order chi connectivity index (χ1) is 8.38. The van der Waals surface area contributed by atoms with Gasteiger partial charge in [-0.3, -0.25) is 9.59 Å². The maximum atomic E-state index is 13.6. The predicted molar refractivity (Wildman–Crippen MR) is 62.0 cm³/mol. The van der Waals surface area contributed by atoms with Crippen LogP contribution in [0.1, 0.15) is 23.7 Å². The van der Waals surface area contributed by atoms with E-state index in [1.165, 1.54) is 0 Å². The van der Waals surface area contributed by atoms with Crippen molar-refractivity contribution in [3.05, 3.63) is 33.3 Å². The highest BCUT2D eigenvalue weighted by Gasteiger charge is 2.22. The fourth-order valence-corrected chi connectivity index (χ4v) is 1.54. The van der Waals surface area contributed by atoms with Gasteiger partial charge in [-0.2, -0.15) is 0 Å². The summed E-state index contributed by atoms with van der Waals surface area (Å²) in [7, 11) is 0. The third kappa shape index (κ3) is 3.17. The van der Waals surface area contributed by atoms with Crippen LogP contribution < -0.4 is 0 Å². The van der Waals surface area contributed by atoms with Gasteiger partial charge in [0.15, 0.2) is 11.6 Å². The zero-order valence-corrected chi connectivity index (χ0v) is 10.7. The van der Waals surface area contributed by atoms with Crippen LogP contribution in [0, 0.1) is 11.6 Å². The molecule has 0 radical (unpaired) electrons. The van der Waals surface area contributed by atoms with Crippen molar-refractivity contribution < 1.29 is 23.1 Å². The van der Waals surface area contributed by atoms with Gasteiger partial charge in [0.05, 0.1) is 22.2 Å². The molecule has 0 saturated heterocycles. The van der Waals surface area contributed by atoms with Gasteiger partial charge < -0.3 is 4.74 Å². The zero-order chi connectivity index (χ0) is 13.9. The second-order valence-electron chi connectivity index (χ2n) is 3.25. The number of rotatable bonds is 4. The molecule has 7 heteroatoms. The van der Waals surface area contributed by atoms with Crippen molar-refractivity contribution in [2.24, 2.45) is 0 Å². The Morgan fingerprint density at radius 1 is 1.28 bits per heavy atom. The minimum atomic E-state index is -1.16. The predicted octanol–water partition coefficient (Wildman–Crippen LogP) is 3.41. The van der Waals surface area contributed by atoms with Crippen LogP contribution in [-0.4, -0.2) is 18.4 Å². The molecule has 0 spiro atoms. The van der Waals surface area contributed by atoms with E-state index >= 15 is 0 Å². The number of esters is 1. The third-order valence-electron chi connectivity index (χ3n) is 2.01. The Kier molecular flexibility index (Phi) is 5.04. The van der Waals surface area contributed by atoms with Gasteiger partial charge in [0, 0.05) is 0 Å². The second-order valence-corrected chi connectivity index (χ2v) is 4.01. The van der Waals surface area contributed by atoms with Crippen molar-refractivity contribution in [3.63, 3.8) is 0 Å². The number of halogens is 4. The van der Waals surface area contributed by atoms with Crippen molar-refractivity contribution in [1.29, 1.82) is 0 Å². The van der Waals surface area contributed by atoms with Crippen molar-refractivity contribution in [3.8, 4) is 0 Å². The molecule has 1 aromatic rings. The second kappa shape index (κ2) is 6.11. The summed E-state index contributed by atoms with van der Waals surface area (Å²) in [5, 5.41) is -1.30. The van der Waals surface area contributed by atoms with Crippen molar-refractivity contribution >= 4 is 35.0 Å². The molecule has 0 amide bonds. The number of ketones is 1. The zero-order valence-electron chi connectivity index (χ0n) is 9.23. The van der Waals surface area contributed by atoms with E-state index in [2.05, 4.69) is 4.74 Å². The summed E-state index contributed by atoms with van der Waals surface area (Å²) in [6.07, 6.45) is -0.692. The molecule has 0 heterocycles. The van der Waals surface area contributed by atoms with Crippen LogP contribution in [0.15, 0.2) is 6.07 Å². The minimum absolute atomic E-state index is 0.0876. The van der Waals surface area contributed by atoms with E-state index in [0.29, 0.717) is 6.07 Å². The van der Waals surface area contributed by atoms with E-state index < -0.39 is 45.4 Å². The standard InChI is InChI=1S/C11H8Cl2F2O3/c1-2-18-8(17)4-7(16)5-3-6(14)9(12)10(13)11(5)15/h3H,2,4H2,1H3. The number of carbonyl (C=O) groups excluding carboxylic acids is 2. The van der Waals surface area contributed by atoms with Crippen LogP contribution in [0.5, 0.6) is 0 Å². The molecule has 0 N–H and O–H groups in total. The monoisotopic (exact) mass is 296 g/mol. The van der Waals surface area contributed by atoms with Gasteiger partial charge in [0.2, 0.25) is 0 Å². The van der Waals surface area contributed by atoms with Crippen LogP contribution in [0.25, 0.3) is 0 Å². The van der Waals surface area contributed by atoms with E-state index in [9.17, 15) is 18.4 Å². The summed E-state index contributed by atoms with van der Waals surface area (Å²) in [5.41, 5.74) is -0.630. The maximum Gasteiger partial charge on any atom is 0.313 e. The van der Waals surface area contributed by atoms with Crippen LogP contribution in [0.3, 0.4) is 0 Å². The van der Waals surface area contributed by atoms with Crippen LogP contribution in [0.4, 0.5) is 8.78 Å². The molecule has 0 aliphatic rings. The average Bonchev–Trinajstić information content (AvgIpc) is 2.31. The summed E-state index contributed by atoms with van der Waals surface area (Å²) in [5.74, 6) is -3.94. The molecule has 0 aliphatic heterocycles. The molecule has 0 atom stereocenters. The minimum Gasteiger partial charge on any atom is -0.466 e. The molecule has 0 fully saturated rings. The highest BCUT2D eigenvalue weighted by atomic mass is 35.5.